The van der Waals surface area contributed by atoms with Gasteiger partial charge in [-0.1, -0.05) is 34.2 Å². The van der Waals surface area contributed by atoms with Crippen molar-refractivity contribution >= 4 is 51.1 Å². The number of aromatic nitrogens is 6. The fraction of sp³-hybridized carbons (Fsp3) is 0.143. The number of nitrogens with one attached hydrogen (secondary N) is 2. The number of halogens is 4. The van der Waals surface area contributed by atoms with Crippen LogP contribution in [-0.2, 0) is 23.9 Å². The van der Waals surface area contributed by atoms with E-state index >= 15 is 0 Å². The highest BCUT2D eigenvalue weighted by Gasteiger charge is 2.39. The van der Waals surface area contributed by atoms with E-state index in [1.807, 2.05) is 0 Å². The molecule has 2 aromatic carbocycles. The molecule has 2 N–H and O–H groups in total. The SMILES string of the molecule is O=C1S/C(=C(/Cc2ccc(Cl)cc2C(F)(F)F)c2ccc3[nH]nnc3c2)C(=O)N1Cc1c[nH]nn1. The van der Waals surface area contributed by atoms with Crippen LogP contribution >= 0.6 is 23.4 Å². The molecule has 0 saturated carbocycles. The van der Waals surface area contributed by atoms with Crippen molar-refractivity contribution < 1.29 is 22.8 Å². The highest BCUT2D eigenvalue weighted by molar-refractivity contribution is 8.18. The van der Waals surface area contributed by atoms with Crippen molar-refractivity contribution in [3.05, 3.63) is 74.9 Å². The first-order valence-corrected chi connectivity index (χ1v) is 11.2. The second-order valence-electron chi connectivity index (χ2n) is 7.55. The van der Waals surface area contributed by atoms with Gasteiger partial charge in [0.25, 0.3) is 11.1 Å². The Labute approximate surface area is 203 Å². The number of aromatic amines is 2. The summed E-state index contributed by atoms with van der Waals surface area (Å²) in [7, 11) is 0. The van der Waals surface area contributed by atoms with Crippen molar-refractivity contribution in [1.29, 1.82) is 0 Å². The Morgan fingerprint density at radius 3 is 2.66 bits per heavy atom. The third kappa shape index (κ3) is 4.51. The fourth-order valence-corrected chi connectivity index (χ4v) is 4.80. The van der Waals surface area contributed by atoms with Crippen molar-refractivity contribution in [2.45, 2.75) is 19.1 Å². The third-order valence-electron chi connectivity index (χ3n) is 5.33. The van der Waals surface area contributed by atoms with E-state index in [-0.39, 0.29) is 34.0 Å². The van der Waals surface area contributed by atoms with Crippen LogP contribution in [0.1, 0.15) is 22.4 Å². The van der Waals surface area contributed by atoms with Gasteiger partial charge in [0.05, 0.1) is 22.5 Å². The second kappa shape index (κ2) is 8.82. The van der Waals surface area contributed by atoms with Gasteiger partial charge >= 0.3 is 6.18 Å². The summed E-state index contributed by atoms with van der Waals surface area (Å²) in [5, 5.41) is 19.6. The zero-order valence-corrected chi connectivity index (χ0v) is 19.0. The Morgan fingerprint density at radius 1 is 1.09 bits per heavy atom. The van der Waals surface area contributed by atoms with Crippen LogP contribution in [0.2, 0.25) is 5.02 Å². The quantitative estimate of drug-likeness (QED) is 0.370. The van der Waals surface area contributed by atoms with E-state index in [0.717, 1.165) is 11.0 Å². The number of carbonyl (C=O) groups is 2. The Bertz CT molecular complexity index is 1480. The Kier molecular flexibility index (Phi) is 5.81. The maximum absolute atomic E-state index is 13.8. The number of amides is 2. The first-order valence-electron chi connectivity index (χ1n) is 9.99. The maximum Gasteiger partial charge on any atom is 0.416 e. The number of carbonyl (C=O) groups excluding carboxylic acids is 2. The summed E-state index contributed by atoms with van der Waals surface area (Å²) >= 11 is 6.49. The molecule has 178 valence electrons. The Hall–Kier alpha value is -3.71. The summed E-state index contributed by atoms with van der Waals surface area (Å²) in [5.41, 5.74) is 1.07. The van der Waals surface area contributed by atoms with Crippen molar-refractivity contribution in [2.75, 3.05) is 0 Å². The molecule has 2 aromatic heterocycles. The van der Waals surface area contributed by atoms with Gasteiger partial charge in [0.15, 0.2) is 0 Å². The number of allylic oxidation sites excluding steroid dienone is 1. The minimum absolute atomic E-state index is 0.0180. The smallest absolute Gasteiger partial charge is 0.268 e. The van der Waals surface area contributed by atoms with Crippen molar-refractivity contribution in [3.8, 4) is 0 Å². The van der Waals surface area contributed by atoms with E-state index < -0.39 is 22.9 Å². The molecule has 1 saturated heterocycles. The molecule has 1 aliphatic heterocycles. The topological polar surface area (TPSA) is 121 Å². The van der Waals surface area contributed by atoms with E-state index in [1.165, 1.54) is 18.3 Å². The second-order valence-corrected chi connectivity index (χ2v) is 8.95. The lowest BCUT2D eigenvalue weighted by Crippen LogP contribution is -2.28. The number of imide groups is 1. The molecule has 2 amide bonds. The van der Waals surface area contributed by atoms with Crippen LogP contribution in [0.4, 0.5) is 18.0 Å². The van der Waals surface area contributed by atoms with Crippen molar-refractivity contribution in [3.63, 3.8) is 0 Å². The zero-order chi connectivity index (χ0) is 24.7. The average molecular weight is 520 g/mol. The molecule has 0 unspecified atom stereocenters. The van der Waals surface area contributed by atoms with Gasteiger partial charge in [-0.2, -0.15) is 13.2 Å². The summed E-state index contributed by atoms with van der Waals surface area (Å²) in [6.45, 7) is -0.130. The molecule has 1 fully saturated rings. The standard InChI is InChI=1S/C21H13ClF3N7O2S/c22-12-3-1-11(15(7-12)21(23,24)25)5-14(10-2-4-16-17(6-10)29-31-28-16)18-19(33)32(20(34)35-18)9-13-8-26-30-27-13/h1-4,6-8H,5,9H2,(H,26,27,30)(H,28,29,31)/b18-14-. The first kappa shape index (κ1) is 23.1. The molecule has 5 rings (SSSR count). The number of hydrogen-bond donors (Lipinski definition) is 2. The highest BCUT2D eigenvalue weighted by Crippen LogP contribution is 2.41. The van der Waals surface area contributed by atoms with Gasteiger partial charge in [-0.05, 0) is 59.1 Å². The van der Waals surface area contributed by atoms with E-state index in [9.17, 15) is 22.8 Å². The lowest BCUT2D eigenvalue weighted by molar-refractivity contribution is -0.138. The molecule has 0 spiro atoms. The molecule has 35 heavy (non-hydrogen) atoms. The highest BCUT2D eigenvalue weighted by atomic mass is 35.5. The number of rotatable bonds is 5. The Morgan fingerprint density at radius 2 is 1.91 bits per heavy atom. The number of benzene rings is 2. The van der Waals surface area contributed by atoms with E-state index in [1.54, 1.807) is 18.2 Å². The predicted molar refractivity (Wildman–Crippen MR) is 121 cm³/mol. The number of hydrogen-bond acceptors (Lipinski definition) is 7. The predicted octanol–water partition coefficient (Wildman–Crippen LogP) is 4.60. The maximum atomic E-state index is 13.8. The molecule has 0 radical (unpaired) electrons. The minimum atomic E-state index is -4.67. The minimum Gasteiger partial charge on any atom is -0.268 e. The molecular weight excluding hydrogens is 507 g/mol. The summed E-state index contributed by atoms with van der Waals surface area (Å²) in [4.78, 5) is 27.0. The Balaban J connectivity index is 1.63. The molecule has 9 nitrogen and oxygen atoms in total. The number of H-pyrrole nitrogens is 2. The third-order valence-corrected chi connectivity index (χ3v) is 6.58. The zero-order valence-electron chi connectivity index (χ0n) is 17.4. The molecule has 4 aromatic rings. The summed E-state index contributed by atoms with van der Waals surface area (Å²) in [6, 6.07) is 8.33. The summed E-state index contributed by atoms with van der Waals surface area (Å²) in [6.07, 6.45) is -3.52. The van der Waals surface area contributed by atoms with E-state index in [4.69, 9.17) is 11.6 Å². The van der Waals surface area contributed by atoms with Gasteiger partial charge in [-0.25, -0.2) is 0 Å². The van der Waals surface area contributed by atoms with Gasteiger partial charge in [-0.3, -0.25) is 24.7 Å². The monoisotopic (exact) mass is 519 g/mol. The van der Waals surface area contributed by atoms with Gasteiger partial charge < -0.3 is 0 Å². The molecule has 14 heteroatoms. The van der Waals surface area contributed by atoms with Crippen LogP contribution in [0, 0.1) is 0 Å². The molecule has 0 aliphatic carbocycles. The van der Waals surface area contributed by atoms with Crippen LogP contribution in [0.25, 0.3) is 16.6 Å². The lowest BCUT2D eigenvalue weighted by Gasteiger charge is -2.17. The normalized spacial score (nSPS) is 15.9. The fourth-order valence-electron chi connectivity index (χ4n) is 3.68. The first-order chi connectivity index (χ1) is 16.7. The van der Waals surface area contributed by atoms with Crippen LogP contribution in [0.15, 0.2) is 47.5 Å². The molecule has 0 atom stereocenters. The largest absolute Gasteiger partial charge is 0.416 e. The summed E-state index contributed by atoms with van der Waals surface area (Å²) < 4.78 is 41.4. The van der Waals surface area contributed by atoms with Crippen LogP contribution in [0.3, 0.4) is 0 Å². The summed E-state index contributed by atoms with van der Waals surface area (Å²) in [5.74, 6) is -0.638. The van der Waals surface area contributed by atoms with E-state index in [0.29, 0.717) is 34.1 Å². The number of alkyl halides is 3. The lowest BCUT2D eigenvalue weighted by atomic mass is 9.94. The van der Waals surface area contributed by atoms with Crippen LogP contribution in [-0.4, -0.2) is 46.9 Å². The molecule has 1 aliphatic rings. The number of thioether (sulfide) groups is 1. The van der Waals surface area contributed by atoms with Gasteiger partial charge in [-0.15, -0.1) is 10.2 Å². The van der Waals surface area contributed by atoms with Crippen LogP contribution in [0.5, 0.6) is 0 Å². The van der Waals surface area contributed by atoms with E-state index in [2.05, 4.69) is 30.8 Å². The van der Waals surface area contributed by atoms with Gasteiger partial charge in [0.1, 0.15) is 11.2 Å². The molecule has 3 heterocycles. The van der Waals surface area contributed by atoms with Crippen molar-refractivity contribution in [1.82, 2.24) is 35.7 Å². The molecular formula is C21H13ClF3N7O2S. The van der Waals surface area contributed by atoms with Gasteiger partial charge in [0, 0.05) is 11.2 Å². The average Bonchev–Trinajstić information content (AvgIpc) is 3.55. The van der Waals surface area contributed by atoms with Gasteiger partial charge in [0.2, 0.25) is 0 Å². The van der Waals surface area contributed by atoms with Crippen molar-refractivity contribution in [2.24, 2.45) is 0 Å². The van der Waals surface area contributed by atoms with Crippen LogP contribution < -0.4 is 0 Å². The number of fused-ring (bicyclic) bond motifs is 1. The molecule has 0 bridgehead atoms. The number of nitrogens with zero attached hydrogens (tertiary/aromatic N) is 5.